The van der Waals surface area contributed by atoms with Crippen LogP contribution in [-0.2, 0) is 24.4 Å². The van der Waals surface area contributed by atoms with E-state index in [1.165, 1.54) is 0 Å². The molecule has 6 heteroatoms. The number of hydrogen-bond acceptors (Lipinski definition) is 6. The molecule has 1 aromatic carbocycles. The summed E-state index contributed by atoms with van der Waals surface area (Å²) in [7, 11) is 3.27. The first-order chi connectivity index (χ1) is 11.7. The van der Waals surface area contributed by atoms with E-state index in [4.69, 9.17) is 18.9 Å². The lowest BCUT2D eigenvalue weighted by Crippen LogP contribution is -2.52. The van der Waals surface area contributed by atoms with E-state index in [-0.39, 0.29) is 12.2 Å². The number of benzene rings is 1. The fourth-order valence-corrected chi connectivity index (χ4v) is 3.14. The summed E-state index contributed by atoms with van der Waals surface area (Å²) in [6.07, 6.45) is 0.943. The summed E-state index contributed by atoms with van der Waals surface area (Å²) in [6.45, 7) is 3.75. The molecule has 24 heavy (non-hydrogen) atoms. The Labute approximate surface area is 143 Å². The van der Waals surface area contributed by atoms with Crippen LogP contribution in [0.25, 0.3) is 0 Å². The first-order valence-electron chi connectivity index (χ1n) is 8.32. The van der Waals surface area contributed by atoms with Crippen LogP contribution in [0.1, 0.15) is 25.3 Å². The maximum Gasteiger partial charge on any atom is 0.316 e. The number of nitrogens with one attached hydrogen (secondary N) is 1. The van der Waals surface area contributed by atoms with Gasteiger partial charge in [0.05, 0.1) is 13.2 Å². The van der Waals surface area contributed by atoms with Crippen molar-refractivity contribution in [2.45, 2.75) is 31.4 Å². The molecule has 0 amide bonds. The van der Waals surface area contributed by atoms with Crippen LogP contribution in [0.3, 0.4) is 0 Å². The molecule has 0 bridgehead atoms. The van der Waals surface area contributed by atoms with Crippen molar-refractivity contribution in [2.75, 3.05) is 40.6 Å². The molecule has 0 saturated carbocycles. The Bertz CT molecular complexity index is 536. The lowest BCUT2D eigenvalue weighted by molar-refractivity contribution is -0.154. The van der Waals surface area contributed by atoms with Gasteiger partial charge in [0.2, 0.25) is 0 Å². The van der Waals surface area contributed by atoms with Gasteiger partial charge in [-0.2, -0.15) is 0 Å². The van der Waals surface area contributed by atoms with Crippen LogP contribution in [0.4, 0.5) is 0 Å². The van der Waals surface area contributed by atoms with Crippen molar-refractivity contribution in [2.24, 2.45) is 0 Å². The molecule has 2 unspecified atom stereocenters. The van der Waals surface area contributed by atoms with Gasteiger partial charge in [-0.15, -0.1) is 0 Å². The predicted octanol–water partition coefficient (Wildman–Crippen LogP) is 1.87. The van der Waals surface area contributed by atoms with Gasteiger partial charge in [-0.05, 0) is 26.0 Å². The number of rotatable bonds is 8. The highest BCUT2D eigenvalue weighted by molar-refractivity contribution is 5.84. The summed E-state index contributed by atoms with van der Waals surface area (Å²) in [5.74, 6) is 0.468. The van der Waals surface area contributed by atoms with Gasteiger partial charge in [-0.25, -0.2) is 0 Å². The van der Waals surface area contributed by atoms with Gasteiger partial charge in [0.25, 0.3) is 0 Å². The summed E-state index contributed by atoms with van der Waals surface area (Å²) in [5.41, 5.74) is 0.0779. The Balaban J connectivity index is 2.38. The summed E-state index contributed by atoms with van der Waals surface area (Å²) < 4.78 is 21.8. The van der Waals surface area contributed by atoms with Crippen LogP contribution in [0, 0.1) is 0 Å². The zero-order valence-corrected chi connectivity index (χ0v) is 14.7. The molecule has 0 aromatic heterocycles. The number of piperidine rings is 1. The van der Waals surface area contributed by atoms with Crippen LogP contribution >= 0.6 is 0 Å². The zero-order chi connectivity index (χ0) is 17.4. The van der Waals surface area contributed by atoms with E-state index in [1.807, 2.05) is 31.2 Å². The van der Waals surface area contributed by atoms with Crippen LogP contribution in [0.5, 0.6) is 5.75 Å². The standard InChI is InChI=1S/C18H27NO5/c1-4-23-17(20)18(9-10-19-16(13-18)22-3)14-7-5-6-8-15(14)24-12-11-21-2/h5-8,16,19H,4,9-13H2,1-3H3. The molecule has 1 aliphatic rings. The lowest BCUT2D eigenvalue weighted by atomic mass is 9.72. The molecule has 0 spiro atoms. The minimum atomic E-state index is -0.772. The molecule has 1 fully saturated rings. The smallest absolute Gasteiger partial charge is 0.316 e. The summed E-state index contributed by atoms with van der Waals surface area (Å²) >= 11 is 0. The first-order valence-corrected chi connectivity index (χ1v) is 8.32. The van der Waals surface area contributed by atoms with Gasteiger partial charge < -0.3 is 18.9 Å². The Morgan fingerprint density at radius 3 is 2.79 bits per heavy atom. The number of methoxy groups -OCH3 is 2. The van der Waals surface area contributed by atoms with E-state index in [1.54, 1.807) is 14.2 Å². The highest BCUT2D eigenvalue weighted by Crippen LogP contribution is 2.41. The maximum atomic E-state index is 12.9. The van der Waals surface area contributed by atoms with E-state index in [9.17, 15) is 4.79 Å². The number of hydrogen-bond donors (Lipinski definition) is 1. The topological polar surface area (TPSA) is 66.0 Å². The second kappa shape index (κ2) is 9.01. The monoisotopic (exact) mass is 337 g/mol. The van der Waals surface area contributed by atoms with Crippen LogP contribution in [0.15, 0.2) is 24.3 Å². The van der Waals surface area contributed by atoms with Gasteiger partial charge in [0.1, 0.15) is 24.0 Å². The van der Waals surface area contributed by atoms with Crippen molar-refractivity contribution < 1.29 is 23.7 Å². The third-order valence-corrected chi connectivity index (χ3v) is 4.36. The fraction of sp³-hybridized carbons (Fsp3) is 0.611. The molecule has 134 valence electrons. The van der Waals surface area contributed by atoms with Gasteiger partial charge in [0, 0.05) is 26.2 Å². The Morgan fingerprint density at radius 1 is 1.29 bits per heavy atom. The highest BCUT2D eigenvalue weighted by atomic mass is 16.5. The van der Waals surface area contributed by atoms with Gasteiger partial charge in [0.15, 0.2) is 0 Å². The van der Waals surface area contributed by atoms with Crippen molar-refractivity contribution in [3.63, 3.8) is 0 Å². The van der Waals surface area contributed by atoms with Crippen molar-refractivity contribution in [3.05, 3.63) is 29.8 Å². The van der Waals surface area contributed by atoms with E-state index in [0.29, 0.717) is 45.0 Å². The second-order valence-corrected chi connectivity index (χ2v) is 5.77. The lowest BCUT2D eigenvalue weighted by Gasteiger charge is -2.39. The number of ether oxygens (including phenoxy) is 4. The van der Waals surface area contributed by atoms with Crippen LogP contribution in [-0.4, -0.2) is 52.8 Å². The number of esters is 1. The van der Waals surface area contributed by atoms with Crippen molar-refractivity contribution in [1.82, 2.24) is 5.32 Å². The molecule has 2 rings (SSSR count). The van der Waals surface area contributed by atoms with Crippen molar-refractivity contribution in [3.8, 4) is 5.75 Å². The van der Waals surface area contributed by atoms with Crippen molar-refractivity contribution >= 4 is 5.97 Å². The van der Waals surface area contributed by atoms with Crippen LogP contribution in [0.2, 0.25) is 0 Å². The first kappa shape index (κ1) is 18.7. The molecule has 1 heterocycles. The summed E-state index contributed by atoms with van der Waals surface area (Å²) in [4.78, 5) is 12.9. The molecule has 1 aliphatic heterocycles. The fourth-order valence-electron chi connectivity index (χ4n) is 3.14. The molecule has 1 saturated heterocycles. The molecule has 2 atom stereocenters. The number of carbonyl (C=O) groups excluding carboxylic acids is 1. The average Bonchev–Trinajstić information content (AvgIpc) is 2.62. The largest absolute Gasteiger partial charge is 0.491 e. The predicted molar refractivity (Wildman–Crippen MR) is 90.2 cm³/mol. The highest BCUT2D eigenvalue weighted by Gasteiger charge is 2.47. The minimum Gasteiger partial charge on any atom is -0.491 e. The third-order valence-electron chi connectivity index (χ3n) is 4.36. The van der Waals surface area contributed by atoms with Gasteiger partial charge in [-0.3, -0.25) is 10.1 Å². The average molecular weight is 337 g/mol. The number of para-hydroxylation sites is 1. The molecule has 6 nitrogen and oxygen atoms in total. The molecule has 1 N–H and O–H groups in total. The molecule has 0 aliphatic carbocycles. The van der Waals surface area contributed by atoms with E-state index >= 15 is 0 Å². The summed E-state index contributed by atoms with van der Waals surface area (Å²) in [5, 5.41) is 3.27. The second-order valence-electron chi connectivity index (χ2n) is 5.77. The zero-order valence-electron chi connectivity index (χ0n) is 14.7. The van der Waals surface area contributed by atoms with E-state index in [0.717, 1.165) is 5.56 Å². The quantitative estimate of drug-likeness (QED) is 0.577. The van der Waals surface area contributed by atoms with E-state index < -0.39 is 5.41 Å². The maximum absolute atomic E-state index is 12.9. The summed E-state index contributed by atoms with van der Waals surface area (Å²) in [6, 6.07) is 7.65. The van der Waals surface area contributed by atoms with Crippen LogP contribution < -0.4 is 10.1 Å². The van der Waals surface area contributed by atoms with Gasteiger partial charge >= 0.3 is 5.97 Å². The number of carbonyl (C=O) groups is 1. The molecular weight excluding hydrogens is 310 g/mol. The van der Waals surface area contributed by atoms with Gasteiger partial charge in [-0.1, -0.05) is 18.2 Å². The Kier molecular flexibility index (Phi) is 7.02. The SMILES string of the molecule is CCOC(=O)C1(c2ccccc2OCCOC)CCNC(OC)C1. The Morgan fingerprint density at radius 2 is 2.08 bits per heavy atom. The molecule has 0 radical (unpaired) electrons. The third kappa shape index (κ3) is 4.06. The molecular formula is C18H27NO5. The Hall–Kier alpha value is -1.63. The van der Waals surface area contributed by atoms with E-state index in [2.05, 4.69) is 5.32 Å². The minimum absolute atomic E-state index is 0.199. The molecule has 1 aromatic rings. The normalized spacial score (nSPS) is 23.7. The van der Waals surface area contributed by atoms with Crippen molar-refractivity contribution in [1.29, 1.82) is 0 Å².